The fraction of sp³-hybridized carbons (Fsp3) is 0.562. The highest BCUT2D eigenvalue weighted by Gasteiger charge is 2.39. The molecule has 1 spiro atoms. The second-order valence-corrected chi connectivity index (χ2v) is 7.04. The van der Waals surface area contributed by atoms with Gasteiger partial charge in [-0.25, -0.2) is 0 Å². The van der Waals surface area contributed by atoms with Gasteiger partial charge in [0, 0.05) is 19.0 Å². The zero-order valence-electron chi connectivity index (χ0n) is 11.6. The second kappa shape index (κ2) is 5.08. The molecule has 2 fully saturated rings. The highest BCUT2D eigenvalue weighted by molar-refractivity contribution is 8.14. The molecule has 1 N–H and O–H groups in total. The van der Waals surface area contributed by atoms with E-state index in [1.54, 1.807) is 0 Å². The number of aliphatic imine (C=N–C) groups is 1. The lowest BCUT2D eigenvalue weighted by Gasteiger charge is -2.32. The summed E-state index contributed by atoms with van der Waals surface area (Å²) in [4.78, 5) is 4.97. The van der Waals surface area contributed by atoms with E-state index >= 15 is 0 Å². The van der Waals surface area contributed by atoms with Crippen molar-refractivity contribution in [3.63, 3.8) is 0 Å². The van der Waals surface area contributed by atoms with E-state index in [0.29, 0.717) is 6.04 Å². The van der Waals surface area contributed by atoms with Crippen LogP contribution in [0.1, 0.15) is 24.0 Å². The molecule has 3 aliphatic rings. The maximum Gasteiger partial charge on any atom is 0.157 e. The summed E-state index contributed by atoms with van der Waals surface area (Å²) in [5.41, 5.74) is 3.21. The van der Waals surface area contributed by atoms with E-state index in [-0.39, 0.29) is 5.54 Å². The minimum absolute atomic E-state index is 0.257. The molecule has 4 heteroatoms. The van der Waals surface area contributed by atoms with Crippen molar-refractivity contribution >= 4 is 16.9 Å². The predicted molar refractivity (Wildman–Crippen MR) is 83.5 cm³/mol. The lowest BCUT2D eigenvalue weighted by molar-refractivity contribution is 0.0555. The molecule has 0 radical (unpaired) electrons. The number of amidine groups is 1. The van der Waals surface area contributed by atoms with Gasteiger partial charge in [-0.1, -0.05) is 36.0 Å². The Labute approximate surface area is 124 Å². The predicted octanol–water partition coefficient (Wildman–Crippen LogP) is 2.40. The molecule has 0 atom stereocenters. The first-order chi connectivity index (χ1) is 9.83. The number of ether oxygens (including phenoxy) is 1. The lowest BCUT2D eigenvalue weighted by Crippen LogP contribution is -2.48. The molecule has 2 heterocycles. The van der Waals surface area contributed by atoms with Crippen LogP contribution in [0.4, 0.5) is 0 Å². The SMILES string of the molecule is c1ccc2c(c1)CC(N=C1NC3(CCOCC3)CS1)C2. The second-order valence-electron chi connectivity index (χ2n) is 6.07. The molecule has 0 bridgehead atoms. The first-order valence-corrected chi connectivity index (χ1v) is 8.45. The molecule has 1 aromatic carbocycles. The van der Waals surface area contributed by atoms with E-state index < -0.39 is 0 Å². The Morgan fingerprint density at radius 2 is 1.85 bits per heavy atom. The number of thioether (sulfide) groups is 1. The van der Waals surface area contributed by atoms with Gasteiger partial charge in [-0.15, -0.1) is 0 Å². The van der Waals surface area contributed by atoms with Crippen LogP contribution in [0, 0.1) is 0 Å². The van der Waals surface area contributed by atoms with E-state index in [4.69, 9.17) is 9.73 Å². The van der Waals surface area contributed by atoms with E-state index in [1.807, 2.05) is 11.8 Å². The first-order valence-electron chi connectivity index (χ1n) is 7.46. The van der Waals surface area contributed by atoms with Crippen LogP contribution in [0.3, 0.4) is 0 Å². The highest BCUT2D eigenvalue weighted by Crippen LogP contribution is 2.33. The standard InChI is InChI=1S/C16H20N2OS/c1-2-4-13-10-14(9-12(13)3-1)17-15-18-16(11-20-15)5-7-19-8-6-16/h1-4,14H,5-11H2,(H,17,18). The minimum atomic E-state index is 0.257. The van der Waals surface area contributed by atoms with Crippen LogP contribution >= 0.6 is 11.8 Å². The topological polar surface area (TPSA) is 33.6 Å². The quantitative estimate of drug-likeness (QED) is 0.861. The normalized spacial score (nSPS) is 26.9. The number of nitrogens with one attached hydrogen (secondary N) is 1. The molecule has 0 saturated carbocycles. The maximum absolute atomic E-state index is 5.48. The van der Waals surface area contributed by atoms with Crippen LogP contribution in [0.2, 0.25) is 0 Å². The van der Waals surface area contributed by atoms with E-state index in [0.717, 1.165) is 49.8 Å². The molecule has 106 valence electrons. The number of benzene rings is 1. The fourth-order valence-electron chi connectivity index (χ4n) is 3.40. The maximum atomic E-state index is 5.48. The highest BCUT2D eigenvalue weighted by atomic mass is 32.2. The van der Waals surface area contributed by atoms with E-state index in [1.165, 1.54) is 11.1 Å². The largest absolute Gasteiger partial charge is 0.381 e. The Hall–Kier alpha value is -1.000. The fourth-order valence-corrected chi connectivity index (χ4v) is 4.69. The Morgan fingerprint density at radius 1 is 1.15 bits per heavy atom. The van der Waals surface area contributed by atoms with Crippen molar-refractivity contribution in [1.29, 1.82) is 0 Å². The zero-order chi connectivity index (χ0) is 13.4. The van der Waals surface area contributed by atoms with Gasteiger partial charge in [0.05, 0.1) is 11.6 Å². The third kappa shape index (κ3) is 2.35. The molecule has 20 heavy (non-hydrogen) atoms. The van der Waals surface area contributed by atoms with Crippen LogP contribution in [0.25, 0.3) is 0 Å². The average molecular weight is 288 g/mol. The molecular formula is C16H20N2OS. The van der Waals surface area contributed by atoms with Crippen molar-refractivity contribution < 1.29 is 4.74 Å². The van der Waals surface area contributed by atoms with Gasteiger partial charge in [0.25, 0.3) is 0 Å². The monoisotopic (exact) mass is 288 g/mol. The zero-order valence-corrected chi connectivity index (χ0v) is 12.4. The summed E-state index contributed by atoms with van der Waals surface area (Å²) in [5.74, 6) is 1.15. The molecular weight excluding hydrogens is 268 g/mol. The molecule has 0 amide bonds. The summed E-state index contributed by atoms with van der Waals surface area (Å²) in [6.07, 6.45) is 4.42. The van der Waals surface area contributed by atoms with Gasteiger partial charge < -0.3 is 10.1 Å². The number of hydrogen-bond acceptors (Lipinski definition) is 3. The molecule has 1 aliphatic carbocycles. The van der Waals surface area contributed by atoms with E-state index in [9.17, 15) is 0 Å². The summed E-state index contributed by atoms with van der Waals surface area (Å²) in [7, 11) is 0. The Kier molecular flexibility index (Phi) is 3.23. The Balaban J connectivity index is 1.45. The summed E-state index contributed by atoms with van der Waals surface area (Å²) < 4.78 is 5.48. The van der Waals surface area contributed by atoms with Gasteiger partial charge in [-0.2, -0.15) is 0 Å². The Morgan fingerprint density at radius 3 is 2.55 bits per heavy atom. The first kappa shape index (κ1) is 12.7. The van der Waals surface area contributed by atoms with Gasteiger partial charge in [0.2, 0.25) is 0 Å². The van der Waals surface area contributed by atoms with Crippen LogP contribution in [0.15, 0.2) is 29.3 Å². The lowest BCUT2D eigenvalue weighted by atomic mass is 9.93. The van der Waals surface area contributed by atoms with Crippen LogP contribution in [-0.4, -0.2) is 35.7 Å². The van der Waals surface area contributed by atoms with Gasteiger partial charge >= 0.3 is 0 Å². The van der Waals surface area contributed by atoms with Gasteiger partial charge in [0.15, 0.2) is 5.17 Å². The third-order valence-electron chi connectivity index (χ3n) is 4.64. The summed E-state index contributed by atoms with van der Waals surface area (Å²) in [6, 6.07) is 9.18. The number of hydrogen-bond donors (Lipinski definition) is 1. The summed E-state index contributed by atoms with van der Waals surface area (Å²) >= 11 is 1.90. The van der Waals surface area contributed by atoms with Crippen molar-refractivity contribution in [2.45, 2.75) is 37.3 Å². The van der Waals surface area contributed by atoms with Crippen molar-refractivity contribution in [3.8, 4) is 0 Å². The molecule has 0 aromatic heterocycles. The van der Waals surface area contributed by atoms with Crippen molar-refractivity contribution in [2.24, 2.45) is 4.99 Å². The van der Waals surface area contributed by atoms with Crippen LogP contribution < -0.4 is 5.32 Å². The molecule has 0 unspecified atom stereocenters. The molecule has 3 nitrogen and oxygen atoms in total. The average Bonchev–Trinajstić information content (AvgIpc) is 3.04. The number of nitrogens with zero attached hydrogens (tertiary/aromatic N) is 1. The number of rotatable bonds is 1. The summed E-state index contributed by atoms with van der Waals surface area (Å²) in [6.45, 7) is 1.77. The van der Waals surface area contributed by atoms with E-state index in [2.05, 4.69) is 29.6 Å². The smallest absolute Gasteiger partial charge is 0.157 e. The van der Waals surface area contributed by atoms with Gasteiger partial charge in [-0.05, 0) is 36.8 Å². The third-order valence-corrected chi connectivity index (χ3v) is 5.81. The van der Waals surface area contributed by atoms with Crippen molar-refractivity contribution in [1.82, 2.24) is 5.32 Å². The summed E-state index contributed by atoms with van der Waals surface area (Å²) in [5, 5.41) is 4.85. The number of fused-ring (bicyclic) bond motifs is 1. The van der Waals surface area contributed by atoms with Crippen LogP contribution in [0.5, 0.6) is 0 Å². The minimum Gasteiger partial charge on any atom is -0.381 e. The van der Waals surface area contributed by atoms with Gasteiger partial charge in [-0.3, -0.25) is 4.99 Å². The van der Waals surface area contributed by atoms with Crippen molar-refractivity contribution in [2.75, 3.05) is 19.0 Å². The molecule has 4 rings (SSSR count). The molecule has 1 aromatic rings. The van der Waals surface area contributed by atoms with Gasteiger partial charge in [0.1, 0.15) is 0 Å². The van der Waals surface area contributed by atoms with Crippen molar-refractivity contribution in [3.05, 3.63) is 35.4 Å². The Bertz CT molecular complexity index is 512. The molecule has 2 aliphatic heterocycles. The van der Waals surface area contributed by atoms with Crippen LogP contribution in [-0.2, 0) is 17.6 Å². The molecule has 2 saturated heterocycles.